The number of pyridine rings is 1. The minimum Gasteiger partial charge on any atom is -0.494 e. The fourth-order valence-corrected chi connectivity index (χ4v) is 4.47. The largest absolute Gasteiger partial charge is 0.494 e. The molecule has 0 saturated carbocycles. The summed E-state index contributed by atoms with van der Waals surface area (Å²) in [7, 11) is 3.32. The van der Waals surface area contributed by atoms with Crippen molar-refractivity contribution in [1.82, 2.24) is 9.88 Å². The molecule has 2 aliphatic heterocycles. The van der Waals surface area contributed by atoms with Crippen LogP contribution in [0, 0.1) is 0 Å². The Morgan fingerprint density at radius 1 is 0.971 bits per heavy atom. The van der Waals surface area contributed by atoms with Gasteiger partial charge in [-0.05, 0) is 36.4 Å². The van der Waals surface area contributed by atoms with Crippen LogP contribution in [0.3, 0.4) is 0 Å². The van der Waals surface area contributed by atoms with Crippen LogP contribution in [0.25, 0.3) is 10.9 Å². The average Bonchev–Trinajstić information content (AvgIpc) is 2.84. The zero-order chi connectivity index (χ0) is 23.3. The maximum absolute atomic E-state index is 5.71. The van der Waals surface area contributed by atoms with Crippen molar-refractivity contribution in [3.05, 3.63) is 48.7 Å². The van der Waals surface area contributed by atoms with E-state index in [2.05, 4.69) is 38.3 Å². The van der Waals surface area contributed by atoms with E-state index in [4.69, 9.17) is 18.9 Å². The molecule has 2 saturated heterocycles. The highest BCUT2D eigenvalue weighted by atomic mass is 16.5. The molecule has 1 N–H and O–H groups in total. The zero-order valence-corrected chi connectivity index (χ0v) is 19.8. The van der Waals surface area contributed by atoms with Crippen LogP contribution < -0.4 is 19.7 Å². The summed E-state index contributed by atoms with van der Waals surface area (Å²) in [4.78, 5) is 9.64. The van der Waals surface area contributed by atoms with Gasteiger partial charge in [-0.1, -0.05) is 0 Å². The molecular weight excluding hydrogens is 432 g/mol. The van der Waals surface area contributed by atoms with Crippen LogP contribution >= 0.6 is 0 Å². The zero-order valence-electron chi connectivity index (χ0n) is 19.8. The molecule has 34 heavy (non-hydrogen) atoms. The van der Waals surface area contributed by atoms with Gasteiger partial charge in [-0.25, -0.2) is 0 Å². The lowest BCUT2D eigenvalue weighted by Crippen LogP contribution is -2.56. The van der Waals surface area contributed by atoms with E-state index in [1.165, 1.54) is 5.69 Å². The number of nitrogens with zero attached hydrogens (tertiary/aromatic N) is 3. The van der Waals surface area contributed by atoms with E-state index in [1.807, 2.05) is 30.5 Å². The van der Waals surface area contributed by atoms with Gasteiger partial charge in [0.25, 0.3) is 0 Å². The van der Waals surface area contributed by atoms with Crippen molar-refractivity contribution in [3.8, 4) is 11.5 Å². The van der Waals surface area contributed by atoms with Crippen LogP contribution in [0.15, 0.2) is 48.7 Å². The molecule has 8 nitrogen and oxygen atoms in total. The Kier molecular flexibility index (Phi) is 6.99. The highest BCUT2D eigenvalue weighted by Gasteiger charge is 2.29. The lowest BCUT2D eigenvalue weighted by Gasteiger charge is -2.43. The SMILES string of the molecule is COCCOc1ccc(Nc2ccnc3cc(N4CCN(C5COC5)CC4)ccc23)c(OC)c1. The summed E-state index contributed by atoms with van der Waals surface area (Å²) < 4.78 is 21.7. The Labute approximate surface area is 200 Å². The third-order valence-corrected chi connectivity index (χ3v) is 6.54. The molecule has 180 valence electrons. The normalized spacial score (nSPS) is 16.9. The van der Waals surface area contributed by atoms with Crippen LogP contribution in [0.5, 0.6) is 11.5 Å². The number of anilines is 3. The number of rotatable bonds is 9. The molecule has 3 aromatic rings. The number of benzene rings is 2. The molecule has 0 aliphatic carbocycles. The third kappa shape index (κ3) is 4.89. The van der Waals surface area contributed by atoms with Crippen molar-refractivity contribution in [2.24, 2.45) is 0 Å². The molecule has 0 unspecified atom stereocenters. The van der Waals surface area contributed by atoms with Crippen molar-refractivity contribution in [2.75, 3.05) is 77.0 Å². The second kappa shape index (κ2) is 10.5. The summed E-state index contributed by atoms with van der Waals surface area (Å²) in [5.74, 6) is 1.46. The molecule has 0 atom stereocenters. The van der Waals surface area contributed by atoms with Gasteiger partial charge >= 0.3 is 0 Å². The molecule has 3 heterocycles. The molecule has 1 aromatic heterocycles. The average molecular weight is 465 g/mol. The van der Waals surface area contributed by atoms with Gasteiger partial charge in [-0.15, -0.1) is 0 Å². The topological polar surface area (TPSA) is 68.3 Å². The second-order valence-corrected chi connectivity index (χ2v) is 8.60. The minimum absolute atomic E-state index is 0.494. The van der Waals surface area contributed by atoms with Crippen LogP contribution in [-0.4, -0.2) is 82.8 Å². The molecular formula is C26H32N4O4. The fourth-order valence-electron chi connectivity index (χ4n) is 4.47. The highest BCUT2D eigenvalue weighted by molar-refractivity contribution is 5.95. The first-order valence-corrected chi connectivity index (χ1v) is 11.8. The van der Waals surface area contributed by atoms with E-state index in [-0.39, 0.29) is 0 Å². The van der Waals surface area contributed by atoms with Crippen LogP contribution in [-0.2, 0) is 9.47 Å². The predicted octanol–water partition coefficient (Wildman–Crippen LogP) is 3.53. The number of hydrogen-bond acceptors (Lipinski definition) is 8. The molecule has 0 bridgehead atoms. The van der Waals surface area contributed by atoms with Gasteiger partial charge in [0.15, 0.2) is 0 Å². The lowest BCUT2D eigenvalue weighted by atomic mass is 10.1. The smallest absolute Gasteiger partial charge is 0.145 e. The Hall–Kier alpha value is -3.07. The number of aromatic nitrogens is 1. The number of ether oxygens (including phenoxy) is 4. The number of piperazine rings is 1. The molecule has 0 spiro atoms. The van der Waals surface area contributed by atoms with Crippen LogP contribution in [0.1, 0.15) is 0 Å². The molecule has 0 amide bonds. The van der Waals surface area contributed by atoms with E-state index in [1.54, 1.807) is 14.2 Å². The van der Waals surface area contributed by atoms with Crippen LogP contribution in [0.4, 0.5) is 17.1 Å². The van der Waals surface area contributed by atoms with Crippen molar-refractivity contribution in [1.29, 1.82) is 0 Å². The summed E-state index contributed by atoms with van der Waals surface area (Å²) in [6.45, 7) is 6.99. The summed E-state index contributed by atoms with van der Waals surface area (Å²) >= 11 is 0. The van der Waals surface area contributed by atoms with E-state index in [0.717, 1.165) is 67.4 Å². The molecule has 5 rings (SSSR count). The Morgan fingerprint density at radius 2 is 1.82 bits per heavy atom. The van der Waals surface area contributed by atoms with Gasteiger partial charge in [0.2, 0.25) is 0 Å². The molecule has 0 radical (unpaired) electrons. The number of methoxy groups -OCH3 is 2. The number of fused-ring (bicyclic) bond motifs is 1. The van der Waals surface area contributed by atoms with Crippen molar-refractivity contribution in [3.63, 3.8) is 0 Å². The summed E-state index contributed by atoms with van der Waals surface area (Å²) in [5.41, 5.74) is 4.04. The van der Waals surface area contributed by atoms with Crippen molar-refractivity contribution >= 4 is 28.0 Å². The monoisotopic (exact) mass is 464 g/mol. The van der Waals surface area contributed by atoms with Crippen molar-refractivity contribution in [2.45, 2.75) is 6.04 Å². The molecule has 2 fully saturated rings. The second-order valence-electron chi connectivity index (χ2n) is 8.60. The standard InChI is InChI=1S/C26H32N4O4/c1-31-13-14-34-21-4-6-24(26(16-21)32-2)28-23-7-8-27-25-15-19(3-5-22(23)25)29-9-11-30(12-10-29)20-17-33-18-20/h3-8,15-16,20H,9-14,17-18H2,1-2H3,(H,27,28). The minimum atomic E-state index is 0.494. The van der Waals surface area contributed by atoms with E-state index in [0.29, 0.717) is 25.0 Å². The quantitative estimate of drug-likeness (QED) is 0.483. The third-order valence-electron chi connectivity index (χ3n) is 6.54. The summed E-state index contributed by atoms with van der Waals surface area (Å²) in [6, 6.07) is 14.9. The van der Waals surface area contributed by atoms with Gasteiger partial charge in [0.1, 0.15) is 18.1 Å². The first kappa shape index (κ1) is 22.7. The molecule has 2 aromatic carbocycles. The molecule has 2 aliphatic rings. The number of hydrogen-bond donors (Lipinski definition) is 1. The van der Waals surface area contributed by atoms with E-state index < -0.39 is 0 Å². The number of nitrogens with one attached hydrogen (secondary N) is 1. The first-order valence-electron chi connectivity index (χ1n) is 11.8. The van der Waals surface area contributed by atoms with Crippen molar-refractivity contribution < 1.29 is 18.9 Å². The lowest BCUT2D eigenvalue weighted by molar-refractivity contribution is -0.0660. The van der Waals surface area contributed by atoms with E-state index in [9.17, 15) is 0 Å². The Bertz CT molecular complexity index is 1110. The predicted molar refractivity (Wildman–Crippen MR) is 134 cm³/mol. The van der Waals surface area contributed by atoms with E-state index >= 15 is 0 Å². The van der Waals surface area contributed by atoms with Crippen LogP contribution in [0.2, 0.25) is 0 Å². The maximum Gasteiger partial charge on any atom is 0.145 e. The Balaban J connectivity index is 1.31. The van der Waals surface area contributed by atoms with Gasteiger partial charge in [0.05, 0.1) is 44.2 Å². The van der Waals surface area contributed by atoms with Gasteiger partial charge in [-0.2, -0.15) is 0 Å². The van der Waals surface area contributed by atoms with Gasteiger partial charge in [-0.3, -0.25) is 9.88 Å². The van der Waals surface area contributed by atoms with Gasteiger partial charge < -0.3 is 29.2 Å². The maximum atomic E-state index is 5.71. The van der Waals surface area contributed by atoms with Gasteiger partial charge in [0, 0.05) is 62.3 Å². The fraction of sp³-hybridized carbons (Fsp3) is 0.423. The Morgan fingerprint density at radius 3 is 2.56 bits per heavy atom. The molecule has 8 heteroatoms. The first-order chi connectivity index (χ1) is 16.7. The summed E-state index contributed by atoms with van der Waals surface area (Å²) in [6.07, 6.45) is 1.84. The highest BCUT2D eigenvalue weighted by Crippen LogP contribution is 2.34. The summed E-state index contributed by atoms with van der Waals surface area (Å²) in [5, 5.41) is 4.58.